The second kappa shape index (κ2) is 44.8. The lowest BCUT2D eigenvalue weighted by Crippen LogP contribution is -2.63. The molecule has 9 rings (SSSR count). The van der Waals surface area contributed by atoms with Gasteiger partial charge in [0.25, 0.3) is 0 Å². The largest absolute Gasteiger partial charge is 0.508 e. The van der Waals surface area contributed by atoms with Crippen LogP contribution in [0.1, 0.15) is 128 Å². The molecule has 5 aromatic rings. The Labute approximate surface area is 711 Å². The lowest BCUT2D eigenvalue weighted by molar-refractivity contribution is -0.155. The van der Waals surface area contributed by atoms with Crippen molar-refractivity contribution >= 4 is 117 Å². The van der Waals surface area contributed by atoms with Crippen LogP contribution in [-0.2, 0) is 121 Å². The fraction of sp³-hybridized carbons (Fsp3) is 0.476. The summed E-state index contributed by atoms with van der Waals surface area (Å²) >= 11 is 0. The number of aromatic hydroxyl groups is 2. The molecule has 40 nitrogen and oxygen atoms in total. The second-order valence-electron chi connectivity index (χ2n) is 31.1. The molecule has 15 amide bonds. The highest BCUT2D eigenvalue weighted by molar-refractivity contribution is 6.02. The Hall–Kier alpha value is -13.6. The van der Waals surface area contributed by atoms with Gasteiger partial charge in [-0.25, -0.2) is 4.79 Å². The molecule has 4 aromatic carbocycles. The SMILES string of the molecule is CCC(C)C1NC(=O)C(NC(=O)C(NC(=O)CNC(=O)C(Cc2ccccc2)NC(C)=O)C(C)O)C(C)OC(=O)CC2NC(=O)C3COC(=O)CCC(NC(=O)C(Cc4c[nH]c5ccccc45)NC2=O)C(=O)NC(C(=O)NC(Cc2ccc(O)cc2)C(=O)O)CCC(=O)NCCCCC(NC1=O)C(=O)NC(Cc1ccc(O)cc1)C(=O)N1CCCC1C(=O)N3. The number of H-pyrrole nitrogens is 1. The van der Waals surface area contributed by atoms with E-state index in [0.29, 0.717) is 33.2 Å². The number of aliphatic hydroxyl groups excluding tert-OH is 1. The fourth-order valence-corrected chi connectivity index (χ4v) is 14.6. The number of phenolic OH excluding ortho intramolecular Hbond substituents is 2. The minimum atomic E-state index is -2.29. The number of carbonyl (C=O) groups is 18. The Morgan fingerprint density at radius 1 is 0.573 bits per heavy atom. The number of aliphatic carboxylic acids is 1. The fourth-order valence-electron chi connectivity index (χ4n) is 14.6. The molecule has 666 valence electrons. The van der Waals surface area contributed by atoms with E-state index in [4.69, 9.17) is 9.47 Å². The number of fused-ring (bicyclic) bond motifs is 13. The van der Waals surface area contributed by atoms with E-state index in [-0.39, 0.29) is 82.4 Å². The van der Waals surface area contributed by atoms with Crippen LogP contribution in [0.15, 0.2) is 109 Å². The zero-order valence-corrected chi connectivity index (χ0v) is 69.0. The molecular formula is C84H106N16O24. The van der Waals surface area contributed by atoms with Gasteiger partial charge in [0.15, 0.2) is 0 Å². The molecule has 19 N–H and O–H groups in total. The van der Waals surface area contributed by atoms with Crippen molar-refractivity contribution in [1.29, 1.82) is 0 Å². The number of rotatable bonds is 21. The molecule has 0 aliphatic carbocycles. The summed E-state index contributed by atoms with van der Waals surface area (Å²) in [6, 6.07) is 2.32. The number of carbonyl (C=O) groups excluding carboxylic acids is 17. The number of aromatic nitrogens is 1. The Bertz CT molecular complexity index is 4740. The summed E-state index contributed by atoms with van der Waals surface area (Å²) in [5.74, 6) is -22.0. The number of carboxylic acids is 1. The number of cyclic esters (lactones) is 1. The number of aromatic amines is 1. The first kappa shape index (κ1) is 94.3. The number of esters is 2. The average Bonchev–Trinajstić information content (AvgIpc) is 1.63. The van der Waals surface area contributed by atoms with E-state index in [2.05, 4.69) is 79.4 Å². The van der Waals surface area contributed by atoms with Gasteiger partial charge in [-0.3, -0.25) is 81.5 Å². The molecule has 0 spiro atoms. The van der Waals surface area contributed by atoms with Gasteiger partial charge < -0.3 is 114 Å². The van der Waals surface area contributed by atoms with Crippen molar-refractivity contribution < 1.29 is 116 Å². The summed E-state index contributed by atoms with van der Waals surface area (Å²) in [7, 11) is 0. The molecule has 4 saturated heterocycles. The summed E-state index contributed by atoms with van der Waals surface area (Å²) in [5, 5.41) is 77.6. The molecule has 0 saturated carbocycles. The maximum absolute atomic E-state index is 15.6. The van der Waals surface area contributed by atoms with Gasteiger partial charge in [-0.1, -0.05) is 93.1 Å². The summed E-state index contributed by atoms with van der Waals surface area (Å²) in [4.78, 5) is 268. The van der Waals surface area contributed by atoms with E-state index in [1.54, 1.807) is 61.5 Å². The molecule has 4 aliphatic rings. The van der Waals surface area contributed by atoms with E-state index < -0.39 is 255 Å². The highest BCUT2D eigenvalue weighted by Gasteiger charge is 2.44. The maximum Gasteiger partial charge on any atom is 0.326 e. The molecule has 4 fully saturated rings. The third kappa shape index (κ3) is 27.2. The molecule has 5 heterocycles. The summed E-state index contributed by atoms with van der Waals surface area (Å²) in [5.41, 5.74) is 2.17. The van der Waals surface area contributed by atoms with Crippen LogP contribution < -0.4 is 74.4 Å². The third-order valence-corrected chi connectivity index (χ3v) is 21.7. The predicted octanol–water partition coefficient (Wildman–Crippen LogP) is -2.94. The second-order valence-corrected chi connectivity index (χ2v) is 31.1. The molecule has 16 unspecified atom stereocenters. The van der Waals surface area contributed by atoms with Crippen molar-refractivity contribution in [1.82, 2.24) is 84.3 Å². The van der Waals surface area contributed by atoms with E-state index in [1.165, 1.54) is 68.6 Å². The quantitative estimate of drug-likeness (QED) is 0.0327. The number of hydrogen-bond donors (Lipinski definition) is 19. The van der Waals surface area contributed by atoms with E-state index in [1.807, 2.05) is 0 Å². The number of aliphatic hydroxyl groups is 1. The molecule has 0 radical (unpaired) electrons. The van der Waals surface area contributed by atoms with Gasteiger partial charge in [0.05, 0.1) is 19.1 Å². The Morgan fingerprint density at radius 2 is 1.19 bits per heavy atom. The summed E-state index contributed by atoms with van der Waals surface area (Å²) < 4.78 is 11.6. The van der Waals surface area contributed by atoms with Crippen LogP contribution in [0.4, 0.5) is 0 Å². The number of nitrogens with zero attached hydrogens (tertiary/aromatic N) is 1. The monoisotopic (exact) mass is 1720 g/mol. The number of carboxylic acid groups (broad SMARTS) is 1. The minimum Gasteiger partial charge on any atom is -0.508 e. The number of ether oxygens (including phenoxy) is 2. The predicted molar refractivity (Wildman–Crippen MR) is 438 cm³/mol. The smallest absolute Gasteiger partial charge is 0.326 e. The van der Waals surface area contributed by atoms with Gasteiger partial charge >= 0.3 is 17.9 Å². The van der Waals surface area contributed by atoms with Crippen LogP contribution in [0.25, 0.3) is 10.9 Å². The molecule has 4 bridgehead atoms. The van der Waals surface area contributed by atoms with Crippen LogP contribution in [0.5, 0.6) is 11.5 Å². The van der Waals surface area contributed by atoms with Crippen molar-refractivity contribution in [3.63, 3.8) is 0 Å². The molecular weight excluding hydrogens is 1620 g/mol. The minimum absolute atomic E-state index is 0.00917. The summed E-state index contributed by atoms with van der Waals surface area (Å²) in [6.07, 6.45) is -7.83. The van der Waals surface area contributed by atoms with Crippen molar-refractivity contribution in [2.24, 2.45) is 5.92 Å². The van der Waals surface area contributed by atoms with E-state index in [0.717, 1.165) is 18.7 Å². The first-order valence-electron chi connectivity index (χ1n) is 41.0. The number of para-hydroxylation sites is 1. The number of phenols is 2. The Balaban J connectivity index is 1.17. The molecule has 16 atom stereocenters. The standard InChI is InChI=1S/C84H106N16O24/c1-6-43(2)69-80(117)91-55-19-12-13-33-85-65(105)31-29-56(75(112)95-62(84(121)122)37-49-23-27-52(104)28-24-49)89-74(111)57-30-32-67(107)123-42-63(96-79(116)64-20-14-34-100(64)83(120)61(94-73(55)110)36-48-21-25-51(103)26-22-48)78(115)93-60(77(114)92-59(76(113)90-57)38-50-40-86-54-18-11-10-17-53(50)54)39-68(108)124-45(4)71(82(119)98-69)99-81(118)70(44(3)101)97-66(106)41-87-72(109)58(88-46(5)102)35-47-15-8-7-9-16-47/h7-11,15-18,21-28,40,43-45,55-64,69-71,86,101,103-104H,6,12-14,19-20,29-39,41-42H2,1-5H3,(H,85,105)(H,87,109)(H,88,102)(H,89,111)(H,90,113)(H,91,117)(H,92,114)(H,93,115)(H,94,110)(H,95,112)(H,96,116)(H,97,106)(H,98,119)(H,99,118)(H,121,122). The van der Waals surface area contributed by atoms with E-state index in [9.17, 15) is 58.8 Å². The molecule has 4 aliphatic heterocycles. The van der Waals surface area contributed by atoms with Crippen LogP contribution in [0.3, 0.4) is 0 Å². The zero-order chi connectivity index (χ0) is 90.0. The number of benzene rings is 4. The topological polar surface area (TPSA) is 594 Å². The Morgan fingerprint density at radius 3 is 1.87 bits per heavy atom. The van der Waals surface area contributed by atoms with Gasteiger partial charge in [0, 0.05) is 75.6 Å². The van der Waals surface area contributed by atoms with Crippen LogP contribution in [0, 0.1) is 5.92 Å². The zero-order valence-electron chi connectivity index (χ0n) is 69.0. The maximum atomic E-state index is 15.6. The molecule has 40 heteroatoms. The van der Waals surface area contributed by atoms with Crippen LogP contribution in [0.2, 0.25) is 0 Å². The highest BCUT2D eigenvalue weighted by atomic mass is 16.5. The van der Waals surface area contributed by atoms with Gasteiger partial charge in [0.1, 0.15) is 103 Å². The van der Waals surface area contributed by atoms with E-state index >= 15 is 47.9 Å². The van der Waals surface area contributed by atoms with Gasteiger partial charge in [-0.05, 0) is 117 Å². The van der Waals surface area contributed by atoms with Crippen molar-refractivity contribution in [3.8, 4) is 11.5 Å². The van der Waals surface area contributed by atoms with Gasteiger partial charge in [-0.15, -0.1) is 0 Å². The first-order chi connectivity index (χ1) is 59.1. The number of hydrogen-bond acceptors (Lipinski definition) is 23. The summed E-state index contributed by atoms with van der Waals surface area (Å²) in [6.45, 7) is 4.11. The van der Waals surface area contributed by atoms with Gasteiger partial charge in [-0.2, -0.15) is 0 Å². The van der Waals surface area contributed by atoms with Crippen LogP contribution in [-0.4, -0.2) is 254 Å². The third-order valence-electron chi connectivity index (χ3n) is 21.7. The normalized spacial score (nSPS) is 24.1. The highest BCUT2D eigenvalue weighted by Crippen LogP contribution is 2.25. The lowest BCUT2D eigenvalue weighted by Gasteiger charge is -2.32. The Kier molecular flexibility index (Phi) is 34.1. The first-order valence-corrected chi connectivity index (χ1v) is 41.0. The van der Waals surface area contributed by atoms with Crippen molar-refractivity contribution in [2.45, 2.75) is 222 Å². The number of amides is 15. The lowest BCUT2D eigenvalue weighted by atomic mass is 9.96. The molecule has 124 heavy (non-hydrogen) atoms. The van der Waals surface area contributed by atoms with Crippen LogP contribution >= 0.6 is 0 Å². The molecule has 1 aromatic heterocycles. The number of nitrogens with one attached hydrogen (secondary N) is 15. The average molecular weight is 1720 g/mol. The van der Waals surface area contributed by atoms with Crippen molar-refractivity contribution in [2.75, 3.05) is 26.2 Å². The van der Waals surface area contributed by atoms with Gasteiger partial charge in [0.2, 0.25) is 88.6 Å². The van der Waals surface area contributed by atoms with Crippen molar-refractivity contribution in [3.05, 3.63) is 132 Å².